The van der Waals surface area contributed by atoms with E-state index in [0.29, 0.717) is 28.1 Å². The molecule has 0 aliphatic carbocycles. The van der Waals surface area contributed by atoms with Crippen molar-refractivity contribution in [3.8, 4) is 11.4 Å². The third-order valence-electron chi connectivity index (χ3n) is 4.78. The quantitative estimate of drug-likeness (QED) is 0.672. The van der Waals surface area contributed by atoms with Crippen molar-refractivity contribution in [2.24, 2.45) is 0 Å². The zero-order chi connectivity index (χ0) is 18.3. The number of halogens is 2. The maximum Gasteiger partial charge on any atom is 0.185 e. The summed E-state index contributed by atoms with van der Waals surface area (Å²) in [6.07, 6.45) is 0.949. The van der Waals surface area contributed by atoms with Crippen LogP contribution in [0.3, 0.4) is 0 Å². The molecule has 1 fully saturated rings. The molecule has 1 aliphatic rings. The Morgan fingerprint density at radius 3 is 2.65 bits per heavy atom. The van der Waals surface area contributed by atoms with Crippen LogP contribution in [0.25, 0.3) is 17.0 Å². The van der Waals surface area contributed by atoms with Gasteiger partial charge in [0.05, 0.1) is 12.2 Å². The van der Waals surface area contributed by atoms with Crippen molar-refractivity contribution in [1.29, 1.82) is 0 Å². The highest BCUT2D eigenvalue weighted by atomic mass is 35.5. The van der Waals surface area contributed by atoms with E-state index < -0.39 is 0 Å². The molecule has 3 aromatic rings. The van der Waals surface area contributed by atoms with Crippen LogP contribution in [0.2, 0.25) is 10.0 Å². The van der Waals surface area contributed by atoms with Gasteiger partial charge in [-0.2, -0.15) is 4.52 Å². The summed E-state index contributed by atoms with van der Waals surface area (Å²) in [5, 5.41) is 14.3. The van der Waals surface area contributed by atoms with Crippen LogP contribution in [0.5, 0.6) is 0 Å². The molecule has 3 heterocycles. The Labute approximate surface area is 161 Å². The molecular weight excluding hydrogens is 373 g/mol. The Morgan fingerprint density at radius 2 is 1.92 bits per heavy atom. The minimum atomic E-state index is -0.161. The van der Waals surface area contributed by atoms with Crippen molar-refractivity contribution in [3.05, 3.63) is 40.4 Å². The number of fused-ring (bicyclic) bond motifs is 1. The van der Waals surface area contributed by atoms with E-state index in [1.807, 2.05) is 12.1 Å². The van der Waals surface area contributed by atoms with Crippen molar-refractivity contribution in [2.75, 3.05) is 24.6 Å². The lowest BCUT2D eigenvalue weighted by atomic mass is 10.0. The molecule has 0 radical (unpaired) electrons. The zero-order valence-corrected chi connectivity index (χ0v) is 16.1. The second-order valence-electron chi connectivity index (χ2n) is 6.72. The second-order valence-corrected chi connectivity index (χ2v) is 7.59. The van der Waals surface area contributed by atoms with Crippen LogP contribution >= 0.6 is 23.2 Å². The molecular formula is C18H19Cl2N5O. The number of nitrogens with zero attached hydrogens (tertiary/aromatic N) is 5. The van der Waals surface area contributed by atoms with Gasteiger partial charge in [-0.25, -0.2) is 0 Å². The van der Waals surface area contributed by atoms with Crippen molar-refractivity contribution < 1.29 is 4.74 Å². The van der Waals surface area contributed by atoms with Gasteiger partial charge < -0.3 is 9.64 Å². The van der Waals surface area contributed by atoms with Crippen molar-refractivity contribution in [3.63, 3.8) is 0 Å². The number of ether oxygens (including phenoxy) is 1. The first kappa shape index (κ1) is 17.5. The van der Waals surface area contributed by atoms with Crippen molar-refractivity contribution in [1.82, 2.24) is 19.8 Å². The molecule has 1 aliphatic heterocycles. The van der Waals surface area contributed by atoms with Gasteiger partial charge in [0, 0.05) is 28.7 Å². The Balaban J connectivity index is 1.75. The smallest absolute Gasteiger partial charge is 0.185 e. The summed E-state index contributed by atoms with van der Waals surface area (Å²) < 4.78 is 7.66. The molecule has 0 amide bonds. The van der Waals surface area contributed by atoms with Crippen LogP contribution in [0, 0.1) is 0 Å². The van der Waals surface area contributed by atoms with Crippen LogP contribution in [0.15, 0.2) is 30.3 Å². The molecule has 136 valence electrons. The first-order valence-electron chi connectivity index (χ1n) is 8.55. The molecule has 0 saturated carbocycles. The predicted molar refractivity (Wildman–Crippen MR) is 103 cm³/mol. The molecule has 26 heavy (non-hydrogen) atoms. The summed E-state index contributed by atoms with van der Waals surface area (Å²) in [6.45, 7) is 6.55. The molecule has 8 heteroatoms. The maximum absolute atomic E-state index is 6.13. The second kappa shape index (κ2) is 6.68. The van der Waals surface area contributed by atoms with E-state index in [1.54, 1.807) is 22.7 Å². The fourth-order valence-electron chi connectivity index (χ4n) is 3.15. The van der Waals surface area contributed by atoms with Gasteiger partial charge in [-0.3, -0.25) is 0 Å². The first-order valence-corrected chi connectivity index (χ1v) is 9.31. The largest absolute Gasteiger partial charge is 0.372 e. The highest BCUT2D eigenvalue weighted by Gasteiger charge is 2.31. The van der Waals surface area contributed by atoms with Gasteiger partial charge in [0.2, 0.25) is 0 Å². The molecule has 0 spiro atoms. The zero-order valence-electron chi connectivity index (χ0n) is 14.6. The molecule has 0 N–H and O–H groups in total. The minimum absolute atomic E-state index is 0.161. The van der Waals surface area contributed by atoms with Crippen molar-refractivity contribution in [2.45, 2.75) is 25.9 Å². The Bertz CT molecular complexity index is 940. The van der Waals surface area contributed by atoms with Gasteiger partial charge in [-0.15, -0.1) is 15.3 Å². The summed E-state index contributed by atoms with van der Waals surface area (Å²) in [7, 11) is 0. The van der Waals surface area contributed by atoms with E-state index >= 15 is 0 Å². The third-order valence-corrected chi connectivity index (χ3v) is 5.21. The molecule has 1 aromatic carbocycles. The Kier molecular flexibility index (Phi) is 4.50. The van der Waals surface area contributed by atoms with Crippen LogP contribution in [-0.4, -0.2) is 45.1 Å². The molecule has 2 aromatic heterocycles. The first-order chi connectivity index (χ1) is 12.5. The fourth-order valence-corrected chi connectivity index (χ4v) is 3.68. The standard InChI is InChI=1S/C18H19Cl2N5O/c1-3-18(2)11-24(6-7-26-18)16-5-4-15-21-22-17(25(15)23-16)12-8-13(19)10-14(20)9-12/h4-5,8-10H,3,6-7,11H2,1-2H3. The molecule has 0 bridgehead atoms. The molecule has 4 rings (SSSR count). The molecule has 1 unspecified atom stereocenters. The van der Waals surface area contributed by atoms with Gasteiger partial charge >= 0.3 is 0 Å². The van der Waals surface area contributed by atoms with Gasteiger partial charge in [0.15, 0.2) is 11.5 Å². The fraction of sp³-hybridized carbons (Fsp3) is 0.389. The van der Waals surface area contributed by atoms with Gasteiger partial charge in [-0.05, 0) is 43.7 Å². The SMILES string of the molecule is CCC1(C)CN(c2ccc3nnc(-c4cc(Cl)cc(Cl)c4)n3n2)CCO1. The lowest BCUT2D eigenvalue weighted by Crippen LogP contribution is -2.50. The van der Waals surface area contributed by atoms with E-state index in [9.17, 15) is 0 Å². The average Bonchev–Trinajstić information content (AvgIpc) is 3.04. The van der Waals surface area contributed by atoms with E-state index in [0.717, 1.165) is 30.9 Å². The van der Waals surface area contributed by atoms with Gasteiger partial charge in [0.25, 0.3) is 0 Å². The van der Waals surface area contributed by atoms with Crippen LogP contribution in [0.1, 0.15) is 20.3 Å². The monoisotopic (exact) mass is 391 g/mol. The number of hydrogen-bond donors (Lipinski definition) is 0. The summed E-state index contributed by atoms with van der Waals surface area (Å²) in [5.41, 5.74) is 1.29. The average molecular weight is 392 g/mol. The number of benzene rings is 1. The third kappa shape index (κ3) is 3.24. The number of aromatic nitrogens is 4. The highest BCUT2D eigenvalue weighted by molar-refractivity contribution is 6.35. The Hall–Kier alpha value is -1.89. The van der Waals surface area contributed by atoms with E-state index in [4.69, 9.17) is 33.0 Å². The van der Waals surface area contributed by atoms with Gasteiger partial charge in [0.1, 0.15) is 5.82 Å². The van der Waals surface area contributed by atoms with E-state index in [-0.39, 0.29) is 5.60 Å². The summed E-state index contributed by atoms with van der Waals surface area (Å²) in [4.78, 5) is 2.24. The molecule has 1 saturated heterocycles. The molecule has 6 nitrogen and oxygen atoms in total. The summed E-state index contributed by atoms with van der Waals surface area (Å²) >= 11 is 12.3. The number of morpholine rings is 1. The summed E-state index contributed by atoms with van der Waals surface area (Å²) in [6, 6.07) is 9.19. The maximum atomic E-state index is 6.13. The molecule has 1 atom stereocenters. The topological polar surface area (TPSA) is 55.6 Å². The summed E-state index contributed by atoms with van der Waals surface area (Å²) in [5.74, 6) is 1.48. The Morgan fingerprint density at radius 1 is 1.15 bits per heavy atom. The lowest BCUT2D eigenvalue weighted by molar-refractivity contribution is -0.0443. The van der Waals surface area contributed by atoms with Crippen LogP contribution in [0.4, 0.5) is 5.82 Å². The number of rotatable bonds is 3. The predicted octanol–water partition coefficient (Wildman–Crippen LogP) is 4.10. The number of anilines is 1. The lowest BCUT2D eigenvalue weighted by Gasteiger charge is -2.40. The van der Waals surface area contributed by atoms with Crippen LogP contribution in [-0.2, 0) is 4.74 Å². The van der Waals surface area contributed by atoms with E-state index in [2.05, 4.69) is 28.9 Å². The highest BCUT2D eigenvalue weighted by Crippen LogP contribution is 2.28. The number of hydrogen-bond acceptors (Lipinski definition) is 5. The van der Waals surface area contributed by atoms with Gasteiger partial charge in [-0.1, -0.05) is 30.1 Å². The minimum Gasteiger partial charge on any atom is -0.372 e. The van der Waals surface area contributed by atoms with E-state index in [1.165, 1.54) is 0 Å². The van der Waals surface area contributed by atoms with Crippen molar-refractivity contribution >= 4 is 34.7 Å². The van der Waals surface area contributed by atoms with Crippen LogP contribution < -0.4 is 4.90 Å². The normalized spacial score (nSPS) is 20.7.